The zero-order valence-electron chi connectivity index (χ0n) is 15.2. The summed E-state index contributed by atoms with van der Waals surface area (Å²) in [7, 11) is 1.60. The average molecular weight is 364 g/mol. The largest absolute Gasteiger partial charge is 0.496 e. The number of carbonyl (C=O) groups is 1. The topological polar surface area (TPSA) is 51.2 Å². The van der Waals surface area contributed by atoms with Crippen molar-refractivity contribution in [1.82, 2.24) is 4.98 Å². The summed E-state index contributed by atoms with van der Waals surface area (Å²) in [5.41, 5.74) is 3.03. The number of methoxy groups -OCH3 is 1. The summed E-state index contributed by atoms with van der Waals surface area (Å²) < 4.78 is 18.7. The summed E-state index contributed by atoms with van der Waals surface area (Å²) in [5.74, 6) is 0.578. The van der Waals surface area contributed by atoms with E-state index in [1.165, 1.54) is 12.1 Å². The highest BCUT2D eigenvalue weighted by atomic mass is 19.1. The van der Waals surface area contributed by atoms with Crippen LogP contribution in [0.4, 0.5) is 10.1 Å². The predicted molar refractivity (Wildman–Crippen MR) is 104 cm³/mol. The van der Waals surface area contributed by atoms with E-state index >= 15 is 0 Å². The number of aromatic nitrogens is 1. The lowest BCUT2D eigenvalue weighted by Crippen LogP contribution is -2.20. The molecule has 1 amide bonds. The number of hydrogen-bond acceptors (Lipinski definition) is 3. The number of benzene rings is 2. The Kier molecular flexibility index (Phi) is 4.75. The van der Waals surface area contributed by atoms with Gasteiger partial charge in [-0.25, -0.2) is 9.37 Å². The number of rotatable bonds is 4. The van der Waals surface area contributed by atoms with Gasteiger partial charge in [-0.05, 0) is 55.3 Å². The van der Waals surface area contributed by atoms with E-state index < -0.39 is 0 Å². The molecular weight excluding hydrogens is 343 g/mol. The number of pyridine rings is 1. The second kappa shape index (κ2) is 7.35. The normalized spacial score (nSPS) is 14.4. The number of nitrogens with zero attached hydrogens (tertiary/aromatic N) is 1. The molecule has 0 bridgehead atoms. The Hall–Kier alpha value is -2.95. The van der Waals surface area contributed by atoms with E-state index in [0.717, 1.165) is 47.8 Å². The fourth-order valence-electron chi connectivity index (χ4n) is 3.64. The third kappa shape index (κ3) is 3.63. The Morgan fingerprint density at radius 1 is 1.11 bits per heavy atom. The number of fused-ring (bicyclic) bond motifs is 1. The summed E-state index contributed by atoms with van der Waals surface area (Å²) in [5, 5.41) is 3.84. The molecule has 1 aromatic heterocycles. The molecule has 1 heterocycles. The third-order valence-electron chi connectivity index (χ3n) is 5.12. The van der Waals surface area contributed by atoms with E-state index in [0.29, 0.717) is 11.4 Å². The second-order valence-electron chi connectivity index (χ2n) is 6.92. The molecular formula is C22H21FN2O2. The molecule has 3 aromatic rings. The SMILES string of the molecule is COc1cc(-c2ccc(F)cc2)nc2ccc(NC(=O)C3CCCC3)cc12. The van der Waals surface area contributed by atoms with E-state index in [2.05, 4.69) is 10.3 Å². The van der Waals surface area contributed by atoms with Crippen LogP contribution in [-0.2, 0) is 4.79 Å². The second-order valence-corrected chi connectivity index (χ2v) is 6.92. The van der Waals surface area contributed by atoms with Crippen LogP contribution in [0.1, 0.15) is 25.7 Å². The number of hydrogen-bond donors (Lipinski definition) is 1. The maximum absolute atomic E-state index is 13.2. The molecule has 1 aliphatic rings. The molecule has 0 radical (unpaired) electrons. The summed E-state index contributed by atoms with van der Waals surface area (Å²) in [6.45, 7) is 0. The molecule has 1 N–H and O–H groups in total. The van der Waals surface area contributed by atoms with Gasteiger partial charge in [0.1, 0.15) is 11.6 Å². The van der Waals surface area contributed by atoms with Crippen molar-refractivity contribution in [2.45, 2.75) is 25.7 Å². The van der Waals surface area contributed by atoms with Crippen LogP contribution in [-0.4, -0.2) is 18.0 Å². The number of carbonyl (C=O) groups excluding carboxylic acids is 1. The predicted octanol–water partition coefficient (Wildman–Crippen LogP) is 5.18. The Balaban J connectivity index is 1.67. The van der Waals surface area contributed by atoms with Crippen molar-refractivity contribution >= 4 is 22.5 Å². The lowest BCUT2D eigenvalue weighted by molar-refractivity contribution is -0.119. The molecule has 5 heteroatoms. The van der Waals surface area contributed by atoms with E-state index in [1.54, 1.807) is 19.2 Å². The first kappa shape index (κ1) is 17.5. The Labute approximate surface area is 157 Å². The van der Waals surface area contributed by atoms with Crippen molar-refractivity contribution in [2.75, 3.05) is 12.4 Å². The molecule has 1 saturated carbocycles. The highest BCUT2D eigenvalue weighted by Crippen LogP contribution is 2.32. The minimum Gasteiger partial charge on any atom is -0.496 e. The van der Waals surface area contributed by atoms with Gasteiger partial charge in [0.05, 0.1) is 18.3 Å². The average Bonchev–Trinajstić information content (AvgIpc) is 3.23. The van der Waals surface area contributed by atoms with Crippen LogP contribution in [0.3, 0.4) is 0 Å². The molecule has 1 aliphatic carbocycles. The molecule has 0 atom stereocenters. The third-order valence-corrected chi connectivity index (χ3v) is 5.12. The first-order chi connectivity index (χ1) is 13.1. The van der Waals surface area contributed by atoms with Crippen LogP contribution in [0, 0.1) is 11.7 Å². The van der Waals surface area contributed by atoms with Crippen molar-refractivity contribution in [2.24, 2.45) is 5.92 Å². The number of halogens is 1. The van der Waals surface area contributed by atoms with Gasteiger partial charge in [-0.3, -0.25) is 4.79 Å². The first-order valence-electron chi connectivity index (χ1n) is 9.19. The fraction of sp³-hybridized carbons (Fsp3) is 0.273. The van der Waals surface area contributed by atoms with Crippen LogP contribution in [0.2, 0.25) is 0 Å². The monoisotopic (exact) mass is 364 g/mol. The van der Waals surface area contributed by atoms with Gasteiger partial charge < -0.3 is 10.1 Å². The maximum Gasteiger partial charge on any atom is 0.227 e. The highest BCUT2D eigenvalue weighted by molar-refractivity contribution is 5.97. The van der Waals surface area contributed by atoms with Gasteiger partial charge in [-0.2, -0.15) is 0 Å². The van der Waals surface area contributed by atoms with Crippen molar-refractivity contribution in [3.8, 4) is 17.0 Å². The first-order valence-corrected chi connectivity index (χ1v) is 9.19. The van der Waals surface area contributed by atoms with Gasteiger partial charge in [-0.1, -0.05) is 12.8 Å². The quantitative estimate of drug-likeness (QED) is 0.694. The molecule has 4 nitrogen and oxygen atoms in total. The van der Waals surface area contributed by atoms with Gasteiger partial charge in [0.25, 0.3) is 0 Å². The summed E-state index contributed by atoms with van der Waals surface area (Å²) in [6, 6.07) is 13.7. The van der Waals surface area contributed by atoms with Gasteiger partial charge >= 0.3 is 0 Å². The zero-order valence-corrected chi connectivity index (χ0v) is 15.2. The van der Waals surface area contributed by atoms with Crippen molar-refractivity contribution in [1.29, 1.82) is 0 Å². The minimum absolute atomic E-state index is 0.0849. The van der Waals surface area contributed by atoms with E-state index in [9.17, 15) is 9.18 Å². The lowest BCUT2D eigenvalue weighted by atomic mass is 10.1. The van der Waals surface area contributed by atoms with Gasteiger partial charge in [0, 0.05) is 28.6 Å². The molecule has 0 unspecified atom stereocenters. The molecule has 0 aliphatic heterocycles. The van der Waals surface area contributed by atoms with Gasteiger partial charge in [0.2, 0.25) is 5.91 Å². The highest BCUT2D eigenvalue weighted by Gasteiger charge is 2.22. The van der Waals surface area contributed by atoms with E-state index in [1.807, 2.05) is 24.3 Å². The summed E-state index contributed by atoms with van der Waals surface area (Å²) in [6.07, 6.45) is 4.18. The lowest BCUT2D eigenvalue weighted by Gasteiger charge is -2.13. The van der Waals surface area contributed by atoms with E-state index in [-0.39, 0.29) is 17.6 Å². The van der Waals surface area contributed by atoms with E-state index in [4.69, 9.17) is 4.74 Å². The molecule has 2 aromatic carbocycles. The zero-order chi connectivity index (χ0) is 18.8. The van der Waals surface area contributed by atoms with Gasteiger partial charge in [-0.15, -0.1) is 0 Å². The number of anilines is 1. The summed E-state index contributed by atoms with van der Waals surface area (Å²) in [4.78, 5) is 17.0. The van der Waals surface area contributed by atoms with Crippen LogP contribution < -0.4 is 10.1 Å². The van der Waals surface area contributed by atoms with Crippen molar-refractivity contribution in [3.05, 3.63) is 54.3 Å². The minimum atomic E-state index is -0.283. The number of amides is 1. The Bertz CT molecular complexity index is 980. The van der Waals surface area contributed by atoms with Crippen molar-refractivity contribution in [3.63, 3.8) is 0 Å². The van der Waals surface area contributed by atoms with Crippen LogP contribution >= 0.6 is 0 Å². The number of nitrogens with one attached hydrogen (secondary N) is 1. The van der Waals surface area contributed by atoms with Crippen LogP contribution in [0.25, 0.3) is 22.2 Å². The molecule has 4 rings (SSSR count). The fourth-order valence-corrected chi connectivity index (χ4v) is 3.64. The maximum atomic E-state index is 13.2. The molecule has 0 spiro atoms. The Morgan fingerprint density at radius 3 is 2.56 bits per heavy atom. The molecule has 138 valence electrons. The van der Waals surface area contributed by atoms with Gasteiger partial charge in [0.15, 0.2) is 0 Å². The van der Waals surface area contributed by atoms with Crippen molar-refractivity contribution < 1.29 is 13.9 Å². The Morgan fingerprint density at radius 2 is 1.85 bits per heavy atom. The van der Waals surface area contributed by atoms with Crippen LogP contribution in [0.15, 0.2) is 48.5 Å². The summed E-state index contributed by atoms with van der Waals surface area (Å²) >= 11 is 0. The smallest absolute Gasteiger partial charge is 0.227 e. The number of ether oxygens (including phenoxy) is 1. The van der Waals surface area contributed by atoms with Crippen LogP contribution in [0.5, 0.6) is 5.75 Å². The standard InChI is InChI=1S/C22H21FN2O2/c1-27-21-13-20(14-6-8-16(23)9-7-14)25-19-11-10-17(12-18(19)21)24-22(26)15-4-2-3-5-15/h6-13,15H,2-5H2,1H3,(H,24,26). The molecule has 27 heavy (non-hydrogen) atoms. The molecule has 1 fully saturated rings. The molecule has 0 saturated heterocycles.